The summed E-state index contributed by atoms with van der Waals surface area (Å²) in [5.74, 6) is 0.698. The van der Waals surface area contributed by atoms with Gasteiger partial charge in [0.25, 0.3) is 5.22 Å². The van der Waals surface area contributed by atoms with Gasteiger partial charge in [0.1, 0.15) is 22.9 Å². The number of methoxy groups -OCH3 is 2. The number of ether oxygens (including phenoxy) is 2. The molecule has 0 unspecified atom stereocenters. The molecular formula is C19H17NO5S. The second-order valence-corrected chi connectivity index (χ2v) is 6.17. The number of thioether (sulfide) groups is 1. The maximum Gasteiger partial charge on any atom is 0.314 e. The van der Waals surface area contributed by atoms with Gasteiger partial charge in [0, 0.05) is 5.56 Å². The van der Waals surface area contributed by atoms with E-state index in [0.717, 1.165) is 22.9 Å². The molecule has 0 fully saturated rings. The largest absolute Gasteiger partial charge is 0.496 e. The number of aromatic nitrogens is 1. The van der Waals surface area contributed by atoms with Crippen molar-refractivity contribution in [3.05, 3.63) is 48.5 Å². The van der Waals surface area contributed by atoms with Crippen molar-refractivity contribution >= 4 is 17.7 Å². The molecule has 3 rings (SSSR count). The number of para-hydroxylation sites is 2. The lowest BCUT2D eigenvalue weighted by Crippen LogP contribution is -1.97. The molecule has 1 heterocycles. The normalized spacial score (nSPS) is 10.5. The first-order valence-electron chi connectivity index (χ1n) is 7.76. The Hall–Kier alpha value is -2.93. The molecule has 0 atom stereocenters. The van der Waals surface area contributed by atoms with Crippen molar-refractivity contribution in [3.8, 4) is 34.1 Å². The highest BCUT2D eigenvalue weighted by Crippen LogP contribution is 2.42. The van der Waals surface area contributed by atoms with Gasteiger partial charge in [0.15, 0.2) is 5.76 Å². The molecule has 0 aliphatic heterocycles. The van der Waals surface area contributed by atoms with Gasteiger partial charge in [-0.2, -0.15) is 0 Å². The van der Waals surface area contributed by atoms with Crippen LogP contribution >= 0.6 is 11.8 Å². The summed E-state index contributed by atoms with van der Waals surface area (Å²) in [5.41, 5.74) is 2.05. The number of carboxylic acid groups (broad SMARTS) is 1. The van der Waals surface area contributed by atoms with Crippen LogP contribution in [0.2, 0.25) is 0 Å². The molecule has 0 saturated carbocycles. The van der Waals surface area contributed by atoms with E-state index in [4.69, 9.17) is 19.0 Å². The van der Waals surface area contributed by atoms with Crippen LogP contribution in [0.3, 0.4) is 0 Å². The predicted molar refractivity (Wildman–Crippen MR) is 98.8 cm³/mol. The zero-order chi connectivity index (χ0) is 18.5. The molecule has 134 valence electrons. The number of aliphatic carboxylic acids is 1. The lowest BCUT2D eigenvalue weighted by atomic mass is 10.0. The Morgan fingerprint density at radius 2 is 1.62 bits per heavy atom. The minimum absolute atomic E-state index is 0.142. The van der Waals surface area contributed by atoms with E-state index in [0.29, 0.717) is 23.0 Å². The lowest BCUT2D eigenvalue weighted by molar-refractivity contribution is -0.133. The number of carboxylic acids is 1. The smallest absolute Gasteiger partial charge is 0.314 e. The SMILES string of the molecule is COc1ccccc1-c1nc(SCC(=O)O)oc1-c1ccccc1OC. The summed E-state index contributed by atoms with van der Waals surface area (Å²) < 4.78 is 16.8. The molecule has 26 heavy (non-hydrogen) atoms. The maximum atomic E-state index is 10.9. The quantitative estimate of drug-likeness (QED) is 0.623. The number of benzene rings is 2. The minimum Gasteiger partial charge on any atom is -0.496 e. The fourth-order valence-corrected chi connectivity index (χ4v) is 3.07. The van der Waals surface area contributed by atoms with E-state index < -0.39 is 5.97 Å². The zero-order valence-electron chi connectivity index (χ0n) is 14.3. The van der Waals surface area contributed by atoms with Gasteiger partial charge < -0.3 is 19.0 Å². The van der Waals surface area contributed by atoms with E-state index in [1.165, 1.54) is 0 Å². The topological polar surface area (TPSA) is 81.8 Å². The monoisotopic (exact) mass is 371 g/mol. The Bertz CT molecular complexity index is 857. The number of nitrogens with zero attached hydrogens (tertiary/aromatic N) is 1. The molecule has 2 aromatic carbocycles. The summed E-state index contributed by atoms with van der Waals surface area (Å²) in [4.78, 5) is 15.4. The number of rotatable bonds is 7. The molecule has 0 aliphatic carbocycles. The number of oxazole rings is 1. The average molecular weight is 371 g/mol. The van der Waals surface area contributed by atoms with Crippen LogP contribution in [0.25, 0.3) is 22.6 Å². The van der Waals surface area contributed by atoms with Crippen molar-refractivity contribution in [1.29, 1.82) is 0 Å². The first-order chi connectivity index (χ1) is 12.6. The first kappa shape index (κ1) is 17.9. The Morgan fingerprint density at radius 1 is 1.04 bits per heavy atom. The molecule has 0 bridgehead atoms. The first-order valence-corrected chi connectivity index (χ1v) is 8.74. The van der Waals surface area contributed by atoms with Crippen molar-refractivity contribution in [2.24, 2.45) is 0 Å². The molecule has 3 aromatic rings. The Kier molecular flexibility index (Phi) is 5.48. The molecule has 0 saturated heterocycles. The van der Waals surface area contributed by atoms with Crippen molar-refractivity contribution in [2.75, 3.05) is 20.0 Å². The fraction of sp³-hybridized carbons (Fsp3) is 0.158. The van der Waals surface area contributed by atoms with Crippen LogP contribution in [0.5, 0.6) is 11.5 Å². The summed E-state index contributed by atoms with van der Waals surface area (Å²) in [6.07, 6.45) is 0. The molecule has 6 nitrogen and oxygen atoms in total. The molecular weight excluding hydrogens is 354 g/mol. The van der Waals surface area contributed by atoms with Crippen LogP contribution in [0.15, 0.2) is 58.2 Å². The Labute approximate surface area is 154 Å². The molecule has 7 heteroatoms. The van der Waals surface area contributed by atoms with Crippen molar-refractivity contribution in [2.45, 2.75) is 5.22 Å². The van der Waals surface area contributed by atoms with Crippen LogP contribution in [0.4, 0.5) is 0 Å². The van der Waals surface area contributed by atoms with Gasteiger partial charge in [-0.05, 0) is 24.3 Å². The number of hydrogen-bond donors (Lipinski definition) is 1. The van der Waals surface area contributed by atoms with Gasteiger partial charge >= 0.3 is 5.97 Å². The zero-order valence-corrected chi connectivity index (χ0v) is 15.1. The minimum atomic E-state index is -0.939. The van der Waals surface area contributed by atoms with Crippen molar-refractivity contribution in [1.82, 2.24) is 4.98 Å². The highest BCUT2D eigenvalue weighted by Gasteiger charge is 2.22. The molecule has 0 radical (unpaired) electrons. The van der Waals surface area contributed by atoms with E-state index >= 15 is 0 Å². The molecule has 0 spiro atoms. The van der Waals surface area contributed by atoms with Crippen LogP contribution in [-0.4, -0.2) is 36.0 Å². The van der Waals surface area contributed by atoms with Crippen LogP contribution in [0, 0.1) is 0 Å². The Morgan fingerprint density at radius 3 is 2.23 bits per heavy atom. The van der Waals surface area contributed by atoms with Gasteiger partial charge in [-0.15, -0.1) is 0 Å². The second kappa shape index (κ2) is 7.97. The number of carbonyl (C=O) groups is 1. The van der Waals surface area contributed by atoms with Gasteiger partial charge in [-0.3, -0.25) is 4.79 Å². The third-order valence-electron chi connectivity index (χ3n) is 3.64. The number of hydrogen-bond acceptors (Lipinski definition) is 6. The van der Waals surface area contributed by atoms with Crippen LogP contribution < -0.4 is 9.47 Å². The van der Waals surface area contributed by atoms with Gasteiger partial charge in [-0.1, -0.05) is 36.0 Å². The van der Waals surface area contributed by atoms with Crippen molar-refractivity contribution < 1.29 is 23.8 Å². The standard InChI is InChI=1S/C19H17NO5S/c1-23-14-9-5-3-7-12(14)17-18(13-8-4-6-10-15(13)24-2)25-19(20-17)26-11-16(21)22/h3-10H,11H2,1-2H3,(H,21,22). The van der Waals surface area contributed by atoms with Gasteiger partial charge in [0.2, 0.25) is 0 Å². The third-order valence-corrected chi connectivity index (χ3v) is 4.45. The van der Waals surface area contributed by atoms with Gasteiger partial charge in [0.05, 0.1) is 19.8 Å². The van der Waals surface area contributed by atoms with E-state index in [9.17, 15) is 4.79 Å². The van der Waals surface area contributed by atoms with E-state index in [1.54, 1.807) is 14.2 Å². The van der Waals surface area contributed by atoms with E-state index in [2.05, 4.69) is 4.98 Å². The summed E-state index contributed by atoms with van der Waals surface area (Å²) >= 11 is 1.02. The second-order valence-electron chi connectivity index (χ2n) is 5.24. The molecule has 1 N–H and O–H groups in total. The molecule has 0 aliphatic rings. The highest BCUT2D eigenvalue weighted by molar-refractivity contribution is 7.99. The average Bonchev–Trinajstić information content (AvgIpc) is 3.10. The van der Waals surface area contributed by atoms with E-state index in [-0.39, 0.29) is 11.0 Å². The molecule has 1 aromatic heterocycles. The van der Waals surface area contributed by atoms with Crippen molar-refractivity contribution in [3.63, 3.8) is 0 Å². The van der Waals surface area contributed by atoms with E-state index in [1.807, 2.05) is 48.5 Å². The van der Waals surface area contributed by atoms with Gasteiger partial charge in [-0.25, -0.2) is 4.98 Å². The summed E-state index contributed by atoms with van der Waals surface area (Å²) in [6, 6.07) is 14.9. The summed E-state index contributed by atoms with van der Waals surface area (Å²) in [5, 5.41) is 9.19. The fourth-order valence-electron chi connectivity index (χ4n) is 2.52. The molecule has 0 amide bonds. The van der Waals surface area contributed by atoms with Crippen LogP contribution in [-0.2, 0) is 4.79 Å². The summed E-state index contributed by atoms with van der Waals surface area (Å²) in [6.45, 7) is 0. The Balaban J connectivity index is 2.17. The lowest BCUT2D eigenvalue weighted by Gasteiger charge is -2.09. The maximum absolute atomic E-state index is 10.9. The summed E-state index contributed by atoms with van der Waals surface area (Å²) in [7, 11) is 3.17. The highest BCUT2D eigenvalue weighted by atomic mass is 32.2. The third kappa shape index (κ3) is 3.67. The predicted octanol–water partition coefficient (Wildman–Crippen LogP) is 4.20. The van der Waals surface area contributed by atoms with Crippen LogP contribution in [0.1, 0.15) is 0 Å².